The zero-order valence-corrected chi connectivity index (χ0v) is 11.1. The Morgan fingerprint density at radius 3 is 2.88 bits per heavy atom. The van der Waals surface area contributed by atoms with Crippen LogP contribution in [0.15, 0.2) is 23.8 Å². The Kier molecular flexibility index (Phi) is 3.58. The van der Waals surface area contributed by atoms with Crippen molar-refractivity contribution in [3.8, 4) is 0 Å². The van der Waals surface area contributed by atoms with E-state index in [1.165, 1.54) is 10.6 Å². The summed E-state index contributed by atoms with van der Waals surface area (Å²) in [5.41, 5.74) is 1.26. The summed E-state index contributed by atoms with van der Waals surface area (Å²) in [5.74, 6) is 1.76. The van der Waals surface area contributed by atoms with Gasteiger partial charge < -0.3 is 10.2 Å². The number of hydrogen-bond acceptors (Lipinski definition) is 5. The molecule has 0 saturated heterocycles. The minimum absolute atomic E-state index is 0.859. The van der Waals surface area contributed by atoms with E-state index in [1.54, 1.807) is 17.7 Å². The molecular formula is C12H16N4S. The second-order valence-corrected chi connectivity index (χ2v) is 4.65. The second-order valence-electron chi connectivity index (χ2n) is 3.76. The first-order valence-corrected chi connectivity index (χ1v) is 6.44. The standard InChI is InChI=1S/C12H16N4S/c1-4-13-10-7-11(15-8-14-10)16(3)12-9(2)5-6-17-12/h5-8H,4H2,1-3H3,(H,13,14,15). The van der Waals surface area contributed by atoms with E-state index in [0.29, 0.717) is 0 Å². The molecule has 1 N–H and O–H groups in total. The molecular weight excluding hydrogens is 232 g/mol. The second kappa shape index (κ2) is 5.14. The van der Waals surface area contributed by atoms with E-state index in [9.17, 15) is 0 Å². The number of rotatable bonds is 4. The van der Waals surface area contributed by atoms with E-state index in [1.807, 2.05) is 13.1 Å². The fraction of sp³-hybridized carbons (Fsp3) is 0.333. The number of aryl methyl sites for hydroxylation is 1. The van der Waals surface area contributed by atoms with Crippen LogP contribution in [-0.4, -0.2) is 23.6 Å². The van der Waals surface area contributed by atoms with E-state index in [0.717, 1.165) is 18.2 Å². The van der Waals surface area contributed by atoms with E-state index < -0.39 is 0 Å². The average molecular weight is 248 g/mol. The Labute approximate surface area is 105 Å². The van der Waals surface area contributed by atoms with Crippen LogP contribution in [0.3, 0.4) is 0 Å². The van der Waals surface area contributed by atoms with Gasteiger partial charge in [0, 0.05) is 19.7 Å². The van der Waals surface area contributed by atoms with Crippen molar-refractivity contribution in [3.63, 3.8) is 0 Å². The lowest BCUT2D eigenvalue weighted by atomic mass is 10.3. The normalized spacial score (nSPS) is 10.3. The molecule has 2 rings (SSSR count). The van der Waals surface area contributed by atoms with Gasteiger partial charge >= 0.3 is 0 Å². The van der Waals surface area contributed by atoms with Gasteiger partial charge in [-0.1, -0.05) is 0 Å². The Morgan fingerprint density at radius 1 is 1.41 bits per heavy atom. The van der Waals surface area contributed by atoms with Crippen LogP contribution >= 0.6 is 11.3 Å². The van der Waals surface area contributed by atoms with Crippen LogP contribution in [-0.2, 0) is 0 Å². The maximum absolute atomic E-state index is 4.30. The van der Waals surface area contributed by atoms with Gasteiger partial charge in [0.1, 0.15) is 18.0 Å². The van der Waals surface area contributed by atoms with Gasteiger partial charge in [0.05, 0.1) is 5.00 Å². The number of thiophene rings is 1. The summed E-state index contributed by atoms with van der Waals surface area (Å²) in [7, 11) is 2.02. The highest BCUT2D eigenvalue weighted by Crippen LogP contribution is 2.30. The third-order valence-corrected chi connectivity index (χ3v) is 3.59. The number of anilines is 3. The molecule has 0 spiro atoms. The first kappa shape index (κ1) is 11.9. The van der Waals surface area contributed by atoms with Crippen LogP contribution < -0.4 is 10.2 Å². The quantitative estimate of drug-likeness (QED) is 0.903. The molecule has 2 heterocycles. The van der Waals surface area contributed by atoms with E-state index >= 15 is 0 Å². The van der Waals surface area contributed by atoms with Crippen LogP contribution in [0.5, 0.6) is 0 Å². The van der Waals surface area contributed by atoms with Gasteiger partial charge in [0.25, 0.3) is 0 Å². The lowest BCUT2D eigenvalue weighted by Gasteiger charge is -2.17. The van der Waals surface area contributed by atoms with Crippen LogP contribution in [0.1, 0.15) is 12.5 Å². The Hall–Kier alpha value is -1.62. The maximum Gasteiger partial charge on any atom is 0.138 e. The smallest absolute Gasteiger partial charge is 0.138 e. The number of nitrogens with zero attached hydrogens (tertiary/aromatic N) is 3. The maximum atomic E-state index is 4.30. The molecule has 90 valence electrons. The molecule has 0 atom stereocenters. The van der Waals surface area contributed by atoms with Crippen molar-refractivity contribution in [2.24, 2.45) is 0 Å². The topological polar surface area (TPSA) is 41.0 Å². The molecule has 0 unspecified atom stereocenters. The molecule has 0 fully saturated rings. The summed E-state index contributed by atoms with van der Waals surface area (Å²) in [6.45, 7) is 5.02. The van der Waals surface area contributed by atoms with Crippen molar-refractivity contribution in [1.82, 2.24) is 9.97 Å². The Balaban J connectivity index is 2.28. The molecule has 0 saturated carbocycles. The molecule has 0 amide bonds. The molecule has 17 heavy (non-hydrogen) atoms. The number of hydrogen-bond donors (Lipinski definition) is 1. The predicted octanol–water partition coefficient (Wildman–Crippen LogP) is 3.05. The lowest BCUT2D eigenvalue weighted by Crippen LogP contribution is -2.11. The van der Waals surface area contributed by atoms with Crippen LogP contribution in [0.2, 0.25) is 0 Å². The first-order chi connectivity index (χ1) is 8.22. The minimum Gasteiger partial charge on any atom is -0.370 e. The first-order valence-electron chi connectivity index (χ1n) is 5.56. The van der Waals surface area contributed by atoms with Gasteiger partial charge in [0.2, 0.25) is 0 Å². The third kappa shape index (κ3) is 2.55. The summed E-state index contributed by atoms with van der Waals surface area (Å²) in [5, 5.41) is 6.49. The van der Waals surface area contributed by atoms with Gasteiger partial charge in [-0.05, 0) is 30.9 Å². The zero-order chi connectivity index (χ0) is 12.3. The van der Waals surface area contributed by atoms with Gasteiger partial charge in [-0.25, -0.2) is 9.97 Å². The van der Waals surface area contributed by atoms with Crippen molar-refractivity contribution in [1.29, 1.82) is 0 Å². The van der Waals surface area contributed by atoms with Crippen molar-refractivity contribution in [3.05, 3.63) is 29.4 Å². The van der Waals surface area contributed by atoms with Gasteiger partial charge in [-0.3, -0.25) is 0 Å². The average Bonchev–Trinajstić information content (AvgIpc) is 2.75. The molecule has 5 heteroatoms. The fourth-order valence-electron chi connectivity index (χ4n) is 1.62. The molecule has 2 aromatic rings. The molecule has 0 bridgehead atoms. The van der Waals surface area contributed by atoms with Crippen molar-refractivity contribution in [2.45, 2.75) is 13.8 Å². The lowest BCUT2D eigenvalue weighted by molar-refractivity contribution is 1.07. The largest absolute Gasteiger partial charge is 0.370 e. The summed E-state index contributed by atoms with van der Waals surface area (Å²) < 4.78 is 0. The van der Waals surface area contributed by atoms with Gasteiger partial charge in [-0.2, -0.15) is 0 Å². The highest BCUT2D eigenvalue weighted by atomic mass is 32.1. The summed E-state index contributed by atoms with van der Waals surface area (Å²) in [4.78, 5) is 10.6. The van der Waals surface area contributed by atoms with Crippen LogP contribution in [0.25, 0.3) is 0 Å². The van der Waals surface area contributed by atoms with Crippen molar-refractivity contribution in [2.75, 3.05) is 23.8 Å². The predicted molar refractivity (Wildman–Crippen MR) is 73.3 cm³/mol. The monoisotopic (exact) mass is 248 g/mol. The molecule has 4 nitrogen and oxygen atoms in total. The summed E-state index contributed by atoms with van der Waals surface area (Å²) >= 11 is 1.72. The van der Waals surface area contributed by atoms with E-state index in [-0.39, 0.29) is 0 Å². The SMILES string of the molecule is CCNc1cc(N(C)c2sccc2C)ncn1. The minimum atomic E-state index is 0.859. The van der Waals surface area contributed by atoms with Crippen LogP contribution in [0, 0.1) is 6.92 Å². The molecule has 2 aromatic heterocycles. The summed E-state index contributed by atoms with van der Waals surface area (Å²) in [6, 6.07) is 4.07. The molecule has 0 radical (unpaired) electrons. The zero-order valence-electron chi connectivity index (χ0n) is 10.3. The number of aromatic nitrogens is 2. The van der Waals surface area contributed by atoms with E-state index in [2.05, 4.69) is 45.5 Å². The fourth-order valence-corrected chi connectivity index (χ4v) is 2.53. The highest BCUT2D eigenvalue weighted by molar-refractivity contribution is 7.14. The van der Waals surface area contributed by atoms with Crippen molar-refractivity contribution < 1.29 is 0 Å². The van der Waals surface area contributed by atoms with Crippen LogP contribution in [0.4, 0.5) is 16.6 Å². The highest BCUT2D eigenvalue weighted by Gasteiger charge is 2.10. The number of nitrogens with one attached hydrogen (secondary N) is 1. The Morgan fingerprint density at radius 2 is 2.24 bits per heavy atom. The van der Waals surface area contributed by atoms with Crippen molar-refractivity contribution >= 4 is 28.0 Å². The third-order valence-electron chi connectivity index (χ3n) is 2.49. The van der Waals surface area contributed by atoms with E-state index in [4.69, 9.17) is 0 Å². The Bertz CT molecular complexity index is 495. The molecule has 0 aliphatic rings. The molecule has 0 aromatic carbocycles. The molecule has 0 aliphatic carbocycles. The summed E-state index contributed by atoms with van der Waals surface area (Å²) in [6.07, 6.45) is 1.59. The van der Waals surface area contributed by atoms with Gasteiger partial charge in [0.15, 0.2) is 0 Å². The molecule has 0 aliphatic heterocycles. The van der Waals surface area contributed by atoms with Gasteiger partial charge in [-0.15, -0.1) is 11.3 Å².